The maximum absolute atomic E-state index is 12.2. The third kappa shape index (κ3) is 6.74. The molecule has 0 aliphatic carbocycles. The van der Waals surface area contributed by atoms with Crippen molar-refractivity contribution in [3.8, 4) is 17.2 Å². The van der Waals surface area contributed by atoms with E-state index in [2.05, 4.69) is 0 Å². The van der Waals surface area contributed by atoms with Crippen molar-refractivity contribution in [3.05, 3.63) is 138 Å². The molecule has 14 heteroatoms. The number of primary amides is 1. The molecule has 0 heterocycles. The summed E-state index contributed by atoms with van der Waals surface area (Å²) in [6.07, 6.45) is 0. The second kappa shape index (κ2) is 12.9. The van der Waals surface area contributed by atoms with Crippen LogP contribution in [0.2, 0.25) is 0 Å². The summed E-state index contributed by atoms with van der Waals surface area (Å²) in [4.78, 5) is 44.9. The lowest BCUT2D eigenvalue weighted by molar-refractivity contribution is -0.386. The molecule has 0 bridgehead atoms. The minimum atomic E-state index is -0.869. The molecule has 0 spiro atoms. The van der Waals surface area contributed by atoms with Crippen molar-refractivity contribution in [1.29, 1.82) is 0 Å². The van der Waals surface area contributed by atoms with E-state index < -0.39 is 20.7 Å². The molecule has 4 rings (SSSR count). The van der Waals surface area contributed by atoms with Gasteiger partial charge in [0, 0.05) is 23.8 Å². The Bertz CT molecular complexity index is 1590. The topological polar surface area (TPSA) is 200 Å². The summed E-state index contributed by atoms with van der Waals surface area (Å²) in [7, 11) is 0. The van der Waals surface area contributed by atoms with Gasteiger partial charge in [0.2, 0.25) is 11.7 Å². The molecule has 4 aromatic carbocycles. The first kappa shape index (κ1) is 28.9. The first-order valence-corrected chi connectivity index (χ1v) is 12.2. The fourth-order valence-corrected chi connectivity index (χ4v) is 3.97. The van der Waals surface area contributed by atoms with Gasteiger partial charge in [0.25, 0.3) is 17.1 Å². The highest BCUT2D eigenvalue weighted by molar-refractivity contribution is 5.94. The summed E-state index contributed by atoms with van der Waals surface area (Å²) in [5.74, 6) is -1.21. The molecule has 0 unspecified atom stereocenters. The third-order valence-corrected chi connectivity index (χ3v) is 6.01. The van der Waals surface area contributed by atoms with Crippen LogP contribution in [0, 0.1) is 30.3 Å². The van der Waals surface area contributed by atoms with Gasteiger partial charge in [0.15, 0.2) is 11.5 Å². The lowest BCUT2D eigenvalue weighted by atomic mass is 10.1. The second-order valence-electron chi connectivity index (χ2n) is 8.69. The molecule has 2 N–H and O–H groups in total. The Kier molecular flexibility index (Phi) is 8.87. The molecular weight excluding hydrogens is 552 g/mol. The Balaban J connectivity index is 1.76. The molecule has 214 valence electrons. The molecule has 0 radical (unpaired) electrons. The van der Waals surface area contributed by atoms with Crippen LogP contribution in [-0.4, -0.2) is 20.7 Å². The zero-order valence-electron chi connectivity index (χ0n) is 21.7. The summed E-state index contributed by atoms with van der Waals surface area (Å²) in [6, 6.07) is 20.0. The number of benzene rings is 4. The van der Waals surface area contributed by atoms with Gasteiger partial charge in [-0.3, -0.25) is 35.1 Å². The number of carbonyl (C=O) groups excluding carboxylic acids is 1. The average molecular weight is 575 g/mol. The fourth-order valence-electron chi connectivity index (χ4n) is 3.97. The zero-order chi connectivity index (χ0) is 30.2. The van der Waals surface area contributed by atoms with E-state index in [9.17, 15) is 35.1 Å². The van der Waals surface area contributed by atoms with Crippen molar-refractivity contribution in [2.24, 2.45) is 5.73 Å². The van der Waals surface area contributed by atoms with Crippen LogP contribution in [0.3, 0.4) is 0 Å². The number of hydrogen-bond donors (Lipinski definition) is 1. The van der Waals surface area contributed by atoms with Crippen molar-refractivity contribution in [2.45, 2.75) is 19.8 Å². The van der Waals surface area contributed by atoms with Crippen LogP contribution in [0.5, 0.6) is 17.2 Å². The van der Waals surface area contributed by atoms with Crippen LogP contribution in [0.25, 0.3) is 0 Å². The van der Waals surface area contributed by atoms with E-state index in [4.69, 9.17) is 19.9 Å². The van der Waals surface area contributed by atoms with E-state index in [0.29, 0.717) is 0 Å². The van der Waals surface area contributed by atoms with Crippen LogP contribution in [0.4, 0.5) is 17.1 Å². The molecular formula is C28H22N4O10. The number of para-hydroxylation sites is 3. The summed E-state index contributed by atoms with van der Waals surface area (Å²) >= 11 is 0. The third-order valence-electron chi connectivity index (χ3n) is 6.01. The summed E-state index contributed by atoms with van der Waals surface area (Å²) in [6.45, 7) is -0.994. The number of amides is 1. The van der Waals surface area contributed by atoms with Crippen LogP contribution < -0.4 is 19.9 Å². The predicted molar refractivity (Wildman–Crippen MR) is 147 cm³/mol. The van der Waals surface area contributed by atoms with Gasteiger partial charge >= 0.3 is 0 Å². The van der Waals surface area contributed by atoms with E-state index in [1.54, 1.807) is 18.2 Å². The number of nitrogens with zero attached hydrogens (tertiary/aromatic N) is 3. The van der Waals surface area contributed by atoms with Crippen LogP contribution >= 0.6 is 0 Å². The Morgan fingerprint density at radius 1 is 0.595 bits per heavy atom. The molecule has 0 aliphatic heterocycles. The molecule has 0 saturated heterocycles. The minimum absolute atomic E-state index is 0.0804. The maximum Gasteiger partial charge on any atom is 0.276 e. The lowest BCUT2D eigenvalue weighted by Gasteiger charge is -2.18. The van der Waals surface area contributed by atoms with E-state index >= 15 is 0 Å². The Morgan fingerprint density at radius 2 is 0.929 bits per heavy atom. The quantitative estimate of drug-likeness (QED) is 0.162. The Hall–Kier alpha value is -6.05. The summed E-state index contributed by atoms with van der Waals surface area (Å²) < 4.78 is 17.7. The summed E-state index contributed by atoms with van der Waals surface area (Å²) in [5, 5.41) is 34.5. The highest BCUT2D eigenvalue weighted by Crippen LogP contribution is 2.41. The number of carbonyl (C=O) groups is 1. The van der Waals surface area contributed by atoms with Crippen molar-refractivity contribution >= 4 is 23.0 Å². The largest absolute Gasteiger partial charge is 0.485 e. The second-order valence-corrected chi connectivity index (χ2v) is 8.69. The number of nitro benzene ring substituents is 3. The summed E-state index contributed by atoms with van der Waals surface area (Å²) in [5.41, 5.74) is 5.43. The monoisotopic (exact) mass is 574 g/mol. The zero-order valence-corrected chi connectivity index (χ0v) is 21.7. The highest BCUT2D eigenvalue weighted by atomic mass is 16.6. The number of ether oxygens (including phenoxy) is 3. The number of rotatable bonds is 13. The van der Waals surface area contributed by atoms with Gasteiger partial charge in [-0.2, -0.15) is 0 Å². The molecule has 0 aliphatic rings. The van der Waals surface area contributed by atoms with Gasteiger partial charge in [-0.05, 0) is 30.3 Å². The van der Waals surface area contributed by atoms with Crippen molar-refractivity contribution in [2.75, 3.05) is 0 Å². The molecule has 0 saturated carbocycles. The first-order valence-electron chi connectivity index (χ1n) is 12.2. The number of nitro groups is 3. The highest BCUT2D eigenvalue weighted by Gasteiger charge is 2.23. The smallest absolute Gasteiger partial charge is 0.276 e. The van der Waals surface area contributed by atoms with E-state index in [-0.39, 0.29) is 76.4 Å². The van der Waals surface area contributed by atoms with Crippen LogP contribution in [-0.2, 0) is 19.8 Å². The molecule has 42 heavy (non-hydrogen) atoms. The van der Waals surface area contributed by atoms with E-state index in [1.807, 2.05) is 0 Å². The van der Waals surface area contributed by atoms with Crippen molar-refractivity contribution in [3.63, 3.8) is 0 Å². The average Bonchev–Trinajstić information content (AvgIpc) is 2.98. The van der Waals surface area contributed by atoms with Crippen molar-refractivity contribution in [1.82, 2.24) is 0 Å². The molecule has 4 aromatic rings. The molecule has 0 fully saturated rings. The van der Waals surface area contributed by atoms with E-state index in [0.717, 1.165) is 0 Å². The van der Waals surface area contributed by atoms with Crippen LogP contribution in [0.1, 0.15) is 27.0 Å². The van der Waals surface area contributed by atoms with E-state index in [1.165, 1.54) is 66.7 Å². The minimum Gasteiger partial charge on any atom is -0.485 e. The molecule has 0 atom stereocenters. The SMILES string of the molecule is NC(=O)c1cc(OCc2ccccc2[N+](=O)[O-])c(OCc2ccccc2[N+](=O)[O-])c(OCc2ccccc2[N+](=O)[O-])c1. The standard InChI is InChI=1S/C28H22N4O10/c29-28(33)21-13-25(40-15-18-7-1-4-10-22(18)30(34)35)27(42-17-20-9-3-6-12-24(20)32(38)39)26(14-21)41-16-19-8-2-5-11-23(19)31(36)37/h1-14H,15-17H2,(H2,29,33). The first-order chi connectivity index (χ1) is 20.2. The van der Waals surface area contributed by atoms with Gasteiger partial charge in [-0.15, -0.1) is 0 Å². The van der Waals surface area contributed by atoms with Gasteiger partial charge in [0.1, 0.15) is 19.8 Å². The normalized spacial score (nSPS) is 10.5. The molecule has 14 nitrogen and oxygen atoms in total. The number of hydrogen-bond acceptors (Lipinski definition) is 10. The molecule has 0 aromatic heterocycles. The lowest BCUT2D eigenvalue weighted by Crippen LogP contribution is -2.13. The van der Waals surface area contributed by atoms with Gasteiger partial charge in [-0.25, -0.2) is 0 Å². The van der Waals surface area contributed by atoms with Crippen molar-refractivity contribution < 1.29 is 33.8 Å². The Labute approximate surface area is 237 Å². The van der Waals surface area contributed by atoms with Gasteiger partial charge in [0.05, 0.1) is 31.5 Å². The number of nitrogens with two attached hydrogens (primary N) is 1. The maximum atomic E-state index is 12.2. The van der Waals surface area contributed by atoms with Crippen LogP contribution in [0.15, 0.2) is 84.9 Å². The predicted octanol–water partition coefficient (Wildman–Crippen LogP) is 5.25. The Morgan fingerprint density at radius 3 is 1.26 bits per heavy atom. The molecule has 1 amide bonds. The fraction of sp³-hybridized carbons (Fsp3) is 0.107. The van der Waals surface area contributed by atoms with Gasteiger partial charge in [-0.1, -0.05) is 36.4 Å². The van der Waals surface area contributed by atoms with Gasteiger partial charge < -0.3 is 19.9 Å².